The van der Waals surface area contributed by atoms with Gasteiger partial charge in [-0.15, -0.1) is 0 Å². The van der Waals surface area contributed by atoms with Gasteiger partial charge in [-0.1, -0.05) is 30.7 Å². The van der Waals surface area contributed by atoms with E-state index in [1.54, 1.807) is 6.92 Å². The lowest BCUT2D eigenvalue weighted by Crippen LogP contribution is -2.10. The molecule has 2 nitrogen and oxygen atoms in total. The lowest BCUT2D eigenvalue weighted by molar-refractivity contribution is -0.139. The van der Waals surface area contributed by atoms with Crippen molar-refractivity contribution in [1.29, 1.82) is 0 Å². The Balaban J connectivity index is 5.05. The molecule has 0 aliphatic heterocycles. The van der Waals surface area contributed by atoms with Crippen LogP contribution in [0.2, 0.25) is 0 Å². The van der Waals surface area contributed by atoms with Gasteiger partial charge in [-0.3, -0.25) is 4.79 Å². The van der Waals surface area contributed by atoms with Crippen LogP contribution in [0, 0.1) is 5.92 Å². The zero-order valence-electron chi connectivity index (χ0n) is 10.9. The van der Waals surface area contributed by atoms with E-state index in [1.807, 2.05) is 32.9 Å². The van der Waals surface area contributed by atoms with Crippen LogP contribution in [-0.2, 0) is 4.79 Å². The molecule has 16 heavy (non-hydrogen) atoms. The molecule has 0 saturated heterocycles. The van der Waals surface area contributed by atoms with E-state index in [9.17, 15) is 4.79 Å². The highest BCUT2D eigenvalue weighted by atomic mass is 16.4. The fourth-order valence-corrected chi connectivity index (χ4v) is 1.50. The number of aliphatic carboxylic acids is 1. The van der Waals surface area contributed by atoms with Gasteiger partial charge in [-0.2, -0.15) is 0 Å². The van der Waals surface area contributed by atoms with Crippen LogP contribution >= 0.6 is 0 Å². The van der Waals surface area contributed by atoms with Crippen molar-refractivity contribution in [2.45, 2.75) is 41.0 Å². The Kier molecular flexibility index (Phi) is 6.47. The number of rotatable bonds is 5. The molecule has 90 valence electrons. The van der Waals surface area contributed by atoms with Crippen LogP contribution in [0.15, 0.2) is 34.9 Å². The van der Waals surface area contributed by atoms with Crippen LogP contribution < -0.4 is 0 Å². The second-order valence-corrected chi connectivity index (χ2v) is 3.86. The summed E-state index contributed by atoms with van der Waals surface area (Å²) in [7, 11) is 0. The highest BCUT2D eigenvalue weighted by Crippen LogP contribution is 2.20. The zero-order valence-corrected chi connectivity index (χ0v) is 10.9. The van der Waals surface area contributed by atoms with E-state index in [0.29, 0.717) is 0 Å². The predicted octanol–water partition coefficient (Wildman–Crippen LogP) is 3.96. The van der Waals surface area contributed by atoms with Crippen molar-refractivity contribution in [2.75, 3.05) is 0 Å². The summed E-state index contributed by atoms with van der Waals surface area (Å²) < 4.78 is 0. The summed E-state index contributed by atoms with van der Waals surface area (Å²) in [4.78, 5) is 10.8. The third-order valence-corrected chi connectivity index (χ3v) is 2.85. The molecular formula is C14H22O2. The van der Waals surface area contributed by atoms with E-state index in [4.69, 9.17) is 5.11 Å². The zero-order chi connectivity index (χ0) is 12.7. The highest BCUT2D eigenvalue weighted by Gasteiger charge is 2.13. The average Bonchev–Trinajstić information content (AvgIpc) is 2.27. The molecule has 2 heteroatoms. The lowest BCUT2D eigenvalue weighted by atomic mass is 9.96. The topological polar surface area (TPSA) is 37.3 Å². The van der Waals surface area contributed by atoms with E-state index in [0.717, 1.165) is 17.6 Å². The summed E-state index contributed by atoms with van der Waals surface area (Å²) in [5.74, 6) is -1.20. The fourth-order valence-electron chi connectivity index (χ4n) is 1.50. The predicted molar refractivity (Wildman–Crippen MR) is 68.4 cm³/mol. The molecule has 0 aromatic heterocycles. The molecule has 0 amide bonds. The number of allylic oxidation sites excluding steroid dienone is 5. The molecule has 0 aromatic carbocycles. The molecule has 1 unspecified atom stereocenters. The Bertz CT molecular complexity index is 333. The van der Waals surface area contributed by atoms with Gasteiger partial charge in [0.05, 0.1) is 5.92 Å². The first-order valence-corrected chi connectivity index (χ1v) is 5.70. The van der Waals surface area contributed by atoms with E-state index < -0.39 is 11.9 Å². The van der Waals surface area contributed by atoms with Gasteiger partial charge in [-0.25, -0.2) is 0 Å². The van der Waals surface area contributed by atoms with Crippen molar-refractivity contribution in [2.24, 2.45) is 5.92 Å². The standard InChI is InChI=1S/C14H22O2/c1-6-12(7-2)13(8-3)9-10(4)11(5)14(15)16/h6,8-9,11H,7H2,1-5H3,(H,15,16)/b10-9+,12-6+,13-8+. The molecular weight excluding hydrogens is 200 g/mol. The summed E-state index contributed by atoms with van der Waals surface area (Å²) in [5.41, 5.74) is 3.25. The van der Waals surface area contributed by atoms with Gasteiger partial charge < -0.3 is 5.11 Å². The summed E-state index contributed by atoms with van der Waals surface area (Å²) in [6, 6.07) is 0. The summed E-state index contributed by atoms with van der Waals surface area (Å²) in [6.07, 6.45) is 7.03. The molecule has 0 heterocycles. The minimum absolute atomic E-state index is 0.426. The van der Waals surface area contributed by atoms with Crippen molar-refractivity contribution >= 4 is 5.97 Å². The molecule has 0 fully saturated rings. The molecule has 1 atom stereocenters. The third-order valence-electron chi connectivity index (χ3n) is 2.85. The van der Waals surface area contributed by atoms with Gasteiger partial charge in [0.25, 0.3) is 0 Å². The Morgan fingerprint density at radius 3 is 2.19 bits per heavy atom. The minimum Gasteiger partial charge on any atom is -0.481 e. The highest BCUT2D eigenvalue weighted by molar-refractivity contribution is 5.73. The number of carboxylic acid groups (broad SMARTS) is 1. The van der Waals surface area contributed by atoms with Gasteiger partial charge >= 0.3 is 5.97 Å². The molecule has 0 aliphatic carbocycles. The molecule has 0 saturated carbocycles. The van der Waals surface area contributed by atoms with Gasteiger partial charge in [-0.05, 0) is 45.3 Å². The molecule has 1 N–H and O–H groups in total. The van der Waals surface area contributed by atoms with Crippen molar-refractivity contribution < 1.29 is 9.90 Å². The van der Waals surface area contributed by atoms with Crippen molar-refractivity contribution in [3.63, 3.8) is 0 Å². The summed E-state index contributed by atoms with van der Waals surface area (Å²) in [6.45, 7) is 9.66. The van der Waals surface area contributed by atoms with Crippen LogP contribution in [0.25, 0.3) is 0 Å². The van der Waals surface area contributed by atoms with Crippen molar-refractivity contribution in [3.05, 3.63) is 34.9 Å². The van der Waals surface area contributed by atoms with Crippen molar-refractivity contribution in [1.82, 2.24) is 0 Å². The van der Waals surface area contributed by atoms with E-state index in [1.165, 1.54) is 5.57 Å². The SMILES string of the molecule is C/C=C(\C=C(/C)C(C)C(=O)O)C(=C/C)/CC. The van der Waals surface area contributed by atoms with Gasteiger partial charge in [0.2, 0.25) is 0 Å². The smallest absolute Gasteiger partial charge is 0.310 e. The summed E-state index contributed by atoms with van der Waals surface area (Å²) in [5, 5.41) is 8.92. The Hall–Kier alpha value is -1.31. The molecule has 0 rings (SSSR count). The van der Waals surface area contributed by atoms with Crippen LogP contribution in [0.4, 0.5) is 0 Å². The van der Waals surface area contributed by atoms with Gasteiger partial charge in [0.1, 0.15) is 0 Å². The molecule has 0 aromatic rings. The average molecular weight is 222 g/mol. The largest absolute Gasteiger partial charge is 0.481 e. The molecule has 0 spiro atoms. The Labute approximate surface area is 98.4 Å². The van der Waals surface area contributed by atoms with Crippen LogP contribution in [0.5, 0.6) is 0 Å². The second kappa shape index (κ2) is 7.04. The summed E-state index contributed by atoms with van der Waals surface area (Å²) >= 11 is 0. The van der Waals surface area contributed by atoms with Crippen LogP contribution in [0.3, 0.4) is 0 Å². The maximum absolute atomic E-state index is 10.8. The number of carboxylic acids is 1. The third kappa shape index (κ3) is 4.05. The van der Waals surface area contributed by atoms with E-state index in [-0.39, 0.29) is 0 Å². The number of hydrogen-bond acceptors (Lipinski definition) is 1. The van der Waals surface area contributed by atoms with E-state index >= 15 is 0 Å². The number of hydrogen-bond donors (Lipinski definition) is 1. The van der Waals surface area contributed by atoms with Crippen LogP contribution in [0.1, 0.15) is 41.0 Å². The fraction of sp³-hybridized carbons (Fsp3) is 0.500. The Morgan fingerprint density at radius 2 is 1.88 bits per heavy atom. The molecule has 0 aliphatic rings. The monoisotopic (exact) mass is 222 g/mol. The first-order chi connectivity index (χ1) is 7.47. The van der Waals surface area contributed by atoms with Crippen LogP contribution in [-0.4, -0.2) is 11.1 Å². The van der Waals surface area contributed by atoms with Crippen molar-refractivity contribution in [3.8, 4) is 0 Å². The first kappa shape index (κ1) is 14.7. The number of carbonyl (C=O) groups is 1. The Morgan fingerprint density at radius 1 is 1.31 bits per heavy atom. The maximum Gasteiger partial charge on any atom is 0.310 e. The molecule has 0 radical (unpaired) electrons. The van der Waals surface area contributed by atoms with Gasteiger partial charge in [0, 0.05) is 0 Å². The maximum atomic E-state index is 10.8. The van der Waals surface area contributed by atoms with E-state index in [2.05, 4.69) is 13.0 Å². The minimum atomic E-state index is -0.775. The van der Waals surface area contributed by atoms with Gasteiger partial charge in [0.15, 0.2) is 0 Å². The first-order valence-electron chi connectivity index (χ1n) is 5.70. The molecule has 0 bridgehead atoms. The lowest BCUT2D eigenvalue weighted by Gasteiger charge is -2.10. The quantitative estimate of drug-likeness (QED) is 0.715. The second-order valence-electron chi connectivity index (χ2n) is 3.86. The normalized spacial score (nSPS) is 16.2.